The molecule has 3 aromatic heterocycles. The van der Waals surface area contributed by atoms with Crippen LogP contribution in [0.3, 0.4) is 0 Å². The first-order valence-electron chi connectivity index (χ1n) is 11.6. The number of nitrogens with one attached hydrogen (secondary N) is 2. The number of piperidine rings is 1. The summed E-state index contributed by atoms with van der Waals surface area (Å²) in [5.41, 5.74) is 6.68. The monoisotopic (exact) mass is 467 g/mol. The highest BCUT2D eigenvalue weighted by Gasteiger charge is 2.21. The minimum atomic E-state index is -0.468. The molecule has 0 aliphatic carbocycles. The fourth-order valence-electron chi connectivity index (χ4n) is 4.66. The summed E-state index contributed by atoms with van der Waals surface area (Å²) in [6.07, 6.45) is 6.41. The van der Waals surface area contributed by atoms with Crippen molar-refractivity contribution in [3.63, 3.8) is 0 Å². The van der Waals surface area contributed by atoms with Gasteiger partial charge in [-0.05, 0) is 67.0 Å². The first-order valence-corrected chi connectivity index (χ1v) is 11.6. The van der Waals surface area contributed by atoms with E-state index < -0.39 is 5.82 Å². The van der Waals surface area contributed by atoms with E-state index in [1.54, 1.807) is 24.4 Å². The molecule has 35 heavy (non-hydrogen) atoms. The van der Waals surface area contributed by atoms with E-state index in [4.69, 9.17) is 0 Å². The molecule has 2 N–H and O–H groups in total. The Morgan fingerprint density at radius 2 is 1.97 bits per heavy atom. The maximum atomic E-state index is 14.4. The molecule has 0 amide bonds. The van der Waals surface area contributed by atoms with Crippen LogP contribution in [0, 0.1) is 5.82 Å². The molecule has 0 radical (unpaired) electrons. The lowest BCUT2D eigenvalue weighted by Crippen LogP contribution is -2.31. The molecule has 4 heterocycles. The molecule has 0 unspecified atom stereocenters. The standard InChI is InChI=1S/C28H26FN5O/c1-3-18(2)34-14-10-20(11-15-34)19-4-6-22(7-5-19)32-27-26-21(8-13-31-28(26)35)16-25(33-27)23-9-12-30-17-24(23)29/h4-9,12-13,16-17,20H,1,10-11,14-15H2,2H3,(H,31,35)(H,32,33). The molecule has 6 nitrogen and oxygen atoms in total. The Morgan fingerprint density at radius 3 is 2.69 bits per heavy atom. The summed E-state index contributed by atoms with van der Waals surface area (Å²) in [5.74, 6) is 0.408. The molecule has 0 saturated carbocycles. The molecule has 0 bridgehead atoms. The molecule has 1 saturated heterocycles. The van der Waals surface area contributed by atoms with Crippen LogP contribution in [0.2, 0.25) is 0 Å². The number of likely N-dealkylation sites (tertiary alicyclic amines) is 1. The Labute approximate surface area is 202 Å². The average molecular weight is 468 g/mol. The van der Waals surface area contributed by atoms with E-state index in [2.05, 4.69) is 56.5 Å². The number of allylic oxidation sites excluding steroid dienone is 1. The molecule has 7 heteroatoms. The number of aromatic nitrogens is 3. The van der Waals surface area contributed by atoms with Crippen molar-refractivity contribution in [1.82, 2.24) is 19.9 Å². The number of anilines is 2. The molecule has 1 aliphatic rings. The van der Waals surface area contributed by atoms with Gasteiger partial charge in [0.05, 0.1) is 23.0 Å². The van der Waals surface area contributed by atoms with E-state index in [1.165, 1.54) is 11.8 Å². The van der Waals surface area contributed by atoms with Crippen LogP contribution in [0.4, 0.5) is 15.9 Å². The first-order chi connectivity index (χ1) is 17.0. The smallest absolute Gasteiger partial charge is 0.259 e. The van der Waals surface area contributed by atoms with Gasteiger partial charge in [0.1, 0.15) is 5.82 Å². The van der Waals surface area contributed by atoms with E-state index in [1.807, 2.05) is 12.1 Å². The van der Waals surface area contributed by atoms with Crippen molar-refractivity contribution in [1.29, 1.82) is 0 Å². The zero-order valence-corrected chi connectivity index (χ0v) is 19.5. The number of aromatic amines is 1. The normalized spacial score (nSPS) is 14.1. The van der Waals surface area contributed by atoms with Crippen molar-refractivity contribution in [3.8, 4) is 11.3 Å². The van der Waals surface area contributed by atoms with Crippen molar-refractivity contribution in [2.75, 3.05) is 18.4 Å². The van der Waals surface area contributed by atoms with Gasteiger partial charge >= 0.3 is 0 Å². The Balaban J connectivity index is 1.43. The van der Waals surface area contributed by atoms with Crippen LogP contribution in [0.25, 0.3) is 22.0 Å². The van der Waals surface area contributed by atoms with Crippen LogP contribution in [-0.4, -0.2) is 32.9 Å². The van der Waals surface area contributed by atoms with Gasteiger partial charge in [0.2, 0.25) is 0 Å². The van der Waals surface area contributed by atoms with Gasteiger partial charge in [0.25, 0.3) is 5.56 Å². The van der Waals surface area contributed by atoms with Gasteiger partial charge in [0.15, 0.2) is 5.82 Å². The minimum Gasteiger partial charge on any atom is -0.369 e. The zero-order chi connectivity index (χ0) is 24.4. The van der Waals surface area contributed by atoms with Gasteiger partial charge in [0, 0.05) is 36.7 Å². The number of pyridine rings is 3. The van der Waals surface area contributed by atoms with Crippen molar-refractivity contribution in [3.05, 3.63) is 101 Å². The van der Waals surface area contributed by atoms with Gasteiger partial charge in [-0.2, -0.15) is 0 Å². The number of hydrogen-bond acceptors (Lipinski definition) is 5. The third kappa shape index (κ3) is 4.59. The SMILES string of the molecule is C=C=C(C)N1CCC(c2ccc(Nc3nc(-c4ccncc4F)cc4cc[nH]c(=O)c34)cc2)CC1. The van der Waals surface area contributed by atoms with Gasteiger partial charge < -0.3 is 15.2 Å². The number of nitrogens with zero attached hydrogens (tertiary/aromatic N) is 3. The molecular weight excluding hydrogens is 441 g/mol. The number of H-pyrrole nitrogens is 1. The predicted molar refractivity (Wildman–Crippen MR) is 137 cm³/mol. The fourth-order valence-corrected chi connectivity index (χ4v) is 4.66. The molecule has 1 fully saturated rings. The lowest BCUT2D eigenvalue weighted by atomic mass is 9.89. The first kappa shape index (κ1) is 22.6. The Bertz CT molecular complexity index is 1480. The second-order valence-corrected chi connectivity index (χ2v) is 8.75. The molecule has 1 aliphatic heterocycles. The third-order valence-electron chi connectivity index (χ3n) is 6.67. The van der Waals surface area contributed by atoms with Crippen LogP contribution in [-0.2, 0) is 0 Å². The quantitative estimate of drug-likeness (QED) is 0.367. The maximum absolute atomic E-state index is 14.4. The summed E-state index contributed by atoms with van der Waals surface area (Å²) in [6.45, 7) is 7.79. The number of benzene rings is 1. The molecule has 4 aromatic rings. The average Bonchev–Trinajstić information content (AvgIpc) is 2.89. The van der Waals surface area contributed by atoms with Crippen LogP contribution >= 0.6 is 0 Å². The molecule has 1 aromatic carbocycles. The van der Waals surface area contributed by atoms with Crippen molar-refractivity contribution in [2.24, 2.45) is 0 Å². The molecule has 0 spiro atoms. The van der Waals surface area contributed by atoms with Crippen LogP contribution in [0.5, 0.6) is 0 Å². The highest BCUT2D eigenvalue weighted by atomic mass is 19.1. The summed E-state index contributed by atoms with van der Waals surface area (Å²) < 4.78 is 14.4. The van der Waals surface area contributed by atoms with Crippen molar-refractivity contribution >= 4 is 22.3 Å². The largest absolute Gasteiger partial charge is 0.369 e. The highest BCUT2D eigenvalue weighted by Crippen LogP contribution is 2.32. The van der Waals surface area contributed by atoms with Gasteiger partial charge in [-0.3, -0.25) is 9.78 Å². The summed E-state index contributed by atoms with van der Waals surface area (Å²) >= 11 is 0. The predicted octanol–water partition coefficient (Wildman–Crippen LogP) is 5.74. The van der Waals surface area contributed by atoms with Gasteiger partial charge in [-0.25, -0.2) is 9.37 Å². The zero-order valence-electron chi connectivity index (χ0n) is 19.5. The Morgan fingerprint density at radius 1 is 1.20 bits per heavy atom. The Kier molecular flexibility index (Phi) is 6.17. The summed E-state index contributed by atoms with van der Waals surface area (Å²) in [5, 5.41) is 4.38. The van der Waals surface area contributed by atoms with Crippen molar-refractivity contribution in [2.45, 2.75) is 25.7 Å². The van der Waals surface area contributed by atoms with Gasteiger partial charge in [-0.1, -0.05) is 18.7 Å². The number of fused-ring (bicyclic) bond motifs is 1. The van der Waals surface area contributed by atoms with E-state index in [0.717, 1.165) is 43.5 Å². The van der Waals surface area contributed by atoms with Crippen LogP contribution < -0.4 is 10.9 Å². The summed E-state index contributed by atoms with van der Waals surface area (Å²) in [7, 11) is 0. The Hall–Kier alpha value is -4.22. The molecule has 176 valence electrons. The maximum Gasteiger partial charge on any atom is 0.259 e. The van der Waals surface area contributed by atoms with Crippen LogP contribution in [0.1, 0.15) is 31.2 Å². The number of rotatable bonds is 5. The highest BCUT2D eigenvalue weighted by molar-refractivity contribution is 5.95. The third-order valence-corrected chi connectivity index (χ3v) is 6.67. The molecule has 5 rings (SSSR count). The topological polar surface area (TPSA) is 73.9 Å². The van der Waals surface area contributed by atoms with Crippen molar-refractivity contribution < 1.29 is 4.39 Å². The number of hydrogen-bond donors (Lipinski definition) is 2. The fraction of sp³-hybridized carbons (Fsp3) is 0.214. The van der Waals surface area contributed by atoms with Gasteiger partial charge in [-0.15, -0.1) is 5.73 Å². The molecule has 0 atom stereocenters. The van der Waals surface area contributed by atoms with E-state index in [0.29, 0.717) is 33.8 Å². The number of halogens is 1. The lowest BCUT2D eigenvalue weighted by Gasteiger charge is -2.33. The summed E-state index contributed by atoms with van der Waals surface area (Å²) in [6, 6.07) is 13.3. The van der Waals surface area contributed by atoms with E-state index in [9.17, 15) is 9.18 Å². The molecular formula is C28H26FN5O. The lowest BCUT2D eigenvalue weighted by molar-refractivity contribution is 0.264. The second-order valence-electron chi connectivity index (χ2n) is 8.75. The van der Waals surface area contributed by atoms with E-state index in [-0.39, 0.29) is 5.56 Å². The second kappa shape index (κ2) is 9.57. The van der Waals surface area contributed by atoms with E-state index >= 15 is 0 Å². The van der Waals surface area contributed by atoms with Crippen LogP contribution in [0.15, 0.2) is 83.9 Å². The summed E-state index contributed by atoms with van der Waals surface area (Å²) in [4.78, 5) is 26.1. The minimum absolute atomic E-state index is 0.258.